The third kappa shape index (κ3) is 8.81. The van der Waals surface area contributed by atoms with Crippen molar-refractivity contribution in [2.75, 3.05) is 7.05 Å². The van der Waals surface area contributed by atoms with Gasteiger partial charge in [0.2, 0.25) is 5.56 Å². The van der Waals surface area contributed by atoms with E-state index in [4.69, 9.17) is 0 Å². The number of nitrogens with one attached hydrogen (secondary N) is 2. The molecule has 0 saturated heterocycles. The van der Waals surface area contributed by atoms with Gasteiger partial charge in [0.05, 0.1) is 0 Å². The highest BCUT2D eigenvalue weighted by atomic mass is 16.1. The molecule has 0 saturated carbocycles. The predicted molar refractivity (Wildman–Crippen MR) is 99.4 cm³/mol. The Labute approximate surface area is 139 Å². The number of hydrogen-bond donors (Lipinski definition) is 2. The van der Waals surface area contributed by atoms with Gasteiger partial charge < -0.3 is 15.1 Å². The molecule has 23 heavy (non-hydrogen) atoms. The molecule has 0 bridgehead atoms. The monoisotopic (exact) mass is 318 g/mol. The van der Waals surface area contributed by atoms with Crippen LogP contribution in [0.1, 0.15) is 62.8 Å². The quantitative estimate of drug-likeness (QED) is 0.536. The van der Waals surface area contributed by atoms with E-state index in [1.807, 2.05) is 13.1 Å². The van der Waals surface area contributed by atoms with Crippen LogP contribution in [0.4, 0.5) is 0 Å². The van der Waals surface area contributed by atoms with Gasteiger partial charge in [-0.25, -0.2) is 0 Å². The third-order valence-electron chi connectivity index (χ3n) is 3.30. The number of H-pyrrole nitrogens is 1. The normalized spacial score (nSPS) is 10.0. The van der Waals surface area contributed by atoms with Gasteiger partial charge in [-0.05, 0) is 37.1 Å². The standard InChI is InChI=1S/C14H20N2O.C5H10O/c1-4-6-7-11-10-14(17)16-13(8-9-15-3)12(11)5-2;1-2-3-4-5-6/h5,8-10,15H,2,4,6-7H2,1,3H3,(H,16,17);5H,2-4H2,1H3/b9-8+;. The molecule has 0 aliphatic rings. The second kappa shape index (κ2) is 13.6. The Balaban J connectivity index is 0.000000688. The Morgan fingerprint density at radius 2 is 1.96 bits per heavy atom. The predicted octanol–water partition coefficient (Wildman–Crippen LogP) is 3.93. The molecule has 0 aliphatic carbocycles. The number of aryl methyl sites for hydroxylation is 1. The number of aromatic nitrogens is 1. The molecule has 4 nitrogen and oxygen atoms in total. The molecular weight excluding hydrogens is 288 g/mol. The first kappa shape index (κ1) is 20.9. The van der Waals surface area contributed by atoms with Gasteiger partial charge in [-0.3, -0.25) is 4.79 Å². The Bertz CT molecular complexity index is 545. The van der Waals surface area contributed by atoms with Crippen LogP contribution in [0, 0.1) is 0 Å². The van der Waals surface area contributed by atoms with Crippen LogP contribution in [0.15, 0.2) is 23.6 Å². The van der Waals surface area contributed by atoms with Crippen molar-refractivity contribution in [3.63, 3.8) is 0 Å². The van der Waals surface area contributed by atoms with Crippen molar-refractivity contribution < 1.29 is 4.79 Å². The first-order valence-corrected chi connectivity index (χ1v) is 8.30. The highest BCUT2D eigenvalue weighted by Crippen LogP contribution is 2.16. The number of rotatable bonds is 9. The molecule has 1 heterocycles. The Morgan fingerprint density at radius 1 is 1.26 bits per heavy atom. The van der Waals surface area contributed by atoms with Gasteiger partial charge >= 0.3 is 0 Å². The van der Waals surface area contributed by atoms with E-state index in [1.54, 1.807) is 18.3 Å². The van der Waals surface area contributed by atoms with Gasteiger partial charge in [0.25, 0.3) is 0 Å². The number of carbonyl (C=O) groups is 1. The smallest absolute Gasteiger partial charge is 0.248 e. The second-order valence-electron chi connectivity index (χ2n) is 5.22. The summed E-state index contributed by atoms with van der Waals surface area (Å²) >= 11 is 0. The maximum Gasteiger partial charge on any atom is 0.248 e. The molecule has 1 rings (SSSR count). The van der Waals surface area contributed by atoms with Gasteiger partial charge in [-0.2, -0.15) is 0 Å². The minimum atomic E-state index is -0.0579. The first-order valence-electron chi connectivity index (χ1n) is 8.30. The van der Waals surface area contributed by atoms with Gasteiger partial charge in [-0.1, -0.05) is 39.3 Å². The highest BCUT2D eigenvalue weighted by Gasteiger charge is 2.05. The number of unbranched alkanes of at least 4 members (excludes halogenated alkanes) is 3. The maximum absolute atomic E-state index is 11.6. The lowest BCUT2D eigenvalue weighted by atomic mass is 10.0. The molecule has 0 radical (unpaired) electrons. The van der Waals surface area contributed by atoms with E-state index >= 15 is 0 Å². The number of aldehydes is 1. The molecular formula is C19H30N2O2. The van der Waals surface area contributed by atoms with E-state index in [2.05, 4.69) is 30.7 Å². The van der Waals surface area contributed by atoms with Gasteiger partial charge in [0, 0.05) is 30.8 Å². The lowest BCUT2D eigenvalue weighted by Gasteiger charge is -2.08. The molecule has 1 aromatic heterocycles. The average molecular weight is 318 g/mol. The van der Waals surface area contributed by atoms with E-state index < -0.39 is 0 Å². The average Bonchev–Trinajstić information content (AvgIpc) is 2.56. The summed E-state index contributed by atoms with van der Waals surface area (Å²) in [5.74, 6) is 0. The zero-order valence-electron chi connectivity index (χ0n) is 14.7. The van der Waals surface area contributed by atoms with E-state index in [-0.39, 0.29) is 5.56 Å². The van der Waals surface area contributed by atoms with Crippen molar-refractivity contribution in [2.45, 2.75) is 52.4 Å². The van der Waals surface area contributed by atoms with Crippen molar-refractivity contribution in [3.05, 3.63) is 46.0 Å². The van der Waals surface area contributed by atoms with E-state index in [0.717, 1.165) is 61.6 Å². The SMILES string of the molecule is C=Cc1c(CCCC)cc(=O)[nH]c1/C=C/NC.CCCCC=O. The number of carbonyl (C=O) groups excluding carboxylic acids is 1. The van der Waals surface area contributed by atoms with Crippen molar-refractivity contribution >= 4 is 18.4 Å². The number of pyridine rings is 1. The lowest BCUT2D eigenvalue weighted by molar-refractivity contribution is -0.107. The van der Waals surface area contributed by atoms with Crippen LogP contribution >= 0.6 is 0 Å². The fourth-order valence-corrected chi connectivity index (χ4v) is 2.05. The summed E-state index contributed by atoms with van der Waals surface area (Å²) in [4.78, 5) is 23.9. The summed E-state index contributed by atoms with van der Waals surface area (Å²) in [5, 5.41) is 2.91. The van der Waals surface area contributed by atoms with E-state index in [9.17, 15) is 9.59 Å². The fourth-order valence-electron chi connectivity index (χ4n) is 2.05. The Kier molecular flexibility index (Phi) is 12.3. The molecule has 0 amide bonds. The first-order chi connectivity index (χ1) is 11.1. The van der Waals surface area contributed by atoms with Crippen LogP contribution in [-0.2, 0) is 11.2 Å². The summed E-state index contributed by atoms with van der Waals surface area (Å²) in [5.41, 5.74) is 2.84. The summed E-state index contributed by atoms with van der Waals surface area (Å²) in [6, 6.07) is 1.67. The van der Waals surface area contributed by atoms with E-state index in [1.165, 1.54) is 0 Å². The molecule has 0 fully saturated rings. The largest absolute Gasteiger partial charge is 0.394 e. The maximum atomic E-state index is 11.6. The Morgan fingerprint density at radius 3 is 2.43 bits per heavy atom. The van der Waals surface area contributed by atoms with Crippen LogP contribution in [-0.4, -0.2) is 18.3 Å². The highest BCUT2D eigenvalue weighted by molar-refractivity contribution is 5.64. The molecule has 0 unspecified atom stereocenters. The summed E-state index contributed by atoms with van der Waals surface area (Å²) < 4.78 is 0. The fraction of sp³-hybridized carbons (Fsp3) is 0.474. The molecule has 0 aromatic carbocycles. The molecule has 0 spiro atoms. The third-order valence-corrected chi connectivity index (χ3v) is 3.30. The summed E-state index contributed by atoms with van der Waals surface area (Å²) in [6.07, 6.45) is 12.4. The minimum absolute atomic E-state index is 0.0579. The van der Waals surface area contributed by atoms with E-state index in [0.29, 0.717) is 0 Å². The van der Waals surface area contributed by atoms with Crippen LogP contribution < -0.4 is 10.9 Å². The molecule has 0 aliphatic heterocycles. The minimum Gasteiger partial charge on any atom is -0.394 e. The topological polar surface area (TPSA) is 62.0 Å². The van der Waals surface area contributed by atoms with Crippen molar-refractivity contribution in [2.24, 2.45) is 0 Å². The van der Waals surface area contributed by atoms with Crippen LogP contribution in [0.25, 0.3) is 12.2 Å². The molecule has 2 N–H and O–H groups in total. The van der Waals surface area contributed by atoms with Crippen LogP contribution in [0.2, 0.25) is 0 Å². The number of hydrogen-bond acceptors (Lipinski definition) is 3. The van der Waals surface area contributed by atoms with Crippen LogP contribution in [0.5, 0.6) is 0 Å². The second-order valence-corrected chi connectivity index (χ2v) is 5.22. The summed E-state index contributed by atoms with van der Waals surface area (Å²) in [6.45, 7) is 8.04. The molecule has 1 aromatic rings. The summed E-state index contributed by atoms with van der Waals surface area (Å²) in [7, 11) is 1.82. The zero-order chi connectivity index (χ0) is 17.5. The number of aromatic amines is 1. The Hall–Kier alpha value is -2.10. The van der Waals surface area contributed by atoms with Crippen molar-refractivity contribution in [3.8, 4) is 0 Å². The zero-order valence-corrected chi connectivity index (χ0v) is 14.7. The molecule has 0 atom stereocenters. The van der Waals surface area contributed by atoms with Gasteiger partial charge in [0.1, 0.15) is 6.29 Å². The lowest BCUT2D eigenvalue weighted by Crippen LogP contribution is -2.11. The van der Waals surface area contributed by atoms with Crippen molar-refractivity contribution in [1.29, 1.82) is 0 Å². The molecule has 128 valence electrons. The molecule has 4 heteroatoms. The van der Waals surface area contributed by atoms with Crippen molar-refractivity contribution in [1.82, 2.24) is 10.3 Å². The van der Waals surface area contributed by atoms with Gasteiger partial charge in [-0.15, -0.1) is 0 Å². The van der Waals surface area contributed by atoms with Crippen LogP contribution in [0.3, 0.4) is 0 Å². The van der Waals surface area contributed by atoms with Gasteiger partial charge in [0.15, 0.2) is 0 Å².